The molecule has 2 aromatic heterocycles. The van der Waals surface area contributed by atoms with Gasteiger partial charge in [-0.2, -0.15) is 40.2 Å². The number of anilines is 1. The van der Waals surface area contributed by atoms with Gasteiger partial charge in [0, 0.05) is 29.3 Å². The van der Waals surface area contributed by atoms with Gasteiger partial charge in [-0.1, -0.05) is 20.8 Å². The second kappa shape index (κ2) is 24.0. The average molecular weight is 924 g/mol. The van der Waals surface area contributed by atoms with Gasteiger partial charge >= 0.3 is 30.2 Å². The van der Waals surface area contributed by atoms with Crippen LogP contribution in [0.15, 0.2) is 36.4 Å². The van der Waals surface area contributed by atoms with E-state index in [1.165, 1.54) is 48.9 Å². The number of carboxylic acids is 1. The molecule has 0 saturated heterocycles. The summed E-state index contributed by atoms with van der Waals surface area (Å²) in [5.74, 6) is -3.30. The molecule has 0 spiro atoms. The molecule has 0 aliphatic carbocycles. The molecule has 13 nitrogen and oxygen atoms in total. The Labute approximate surface area is 368 Å². The highest BCUT2D eigenvalue weighted by atomic mass is 32.1. The number of amides is 1. The Bertz CT molecular complexity index is 2080. The first-order valence-corrected chi connectivity index (χ1v) is 19.2. The number of fused-ring (bicyclic) bond motifs is 2. The predicted molar refractivity (Wildman–Crippen MR) is 235 cm³/mol. The van der Waals surface area contributed by atoms with E-state index in [-0.39, 0.29) is 57.4 Å². The molecule has 0 radical (unpaired) electrons. The lowest BCUT2D eigenvalue weighted by Gasteiger charge is -2.25. The summed E-state index contributed by atoms with van der Waals surface area (Å²) < 4.78 is 59.2. The topological polar surface area (TPSA) is 172 Å². The molecule has 1 N–H and O–H groups in total. The molecule has 2 aromatic carbocycles. The van der Waals surface area contributed by atoms with Gasteiger partial charge in [-0.15, -0.1) is 22.7 Å². The number of aryl methyl sites for hydroxylation is 1. The minimum atomic E-state index is -5.08. The van der Waals surface area contributed by atoms with E-state index >= 15 is 0 Å². The number of carboxylic acid groups (broad SMARTS) is 1. The summed E-state index contributed by atoms with van der Waals surface area (Å²) >= 11 is 2.76. The van der Waals surface area contributed by atoms with Crippen molar-refractivity contribution in [3.8, 4) is 11.5 Å². The van der Waals surface area contributed by atoms with E-state index in [1.54, 1.807) is 67.0 Å². The largest absolute Gasteiger partial charge is 0.496 e. The number of nitrogens with zero attached hydrogens (tertiary/aromatic N) is 1. The van der Waals surface area contributed by atoms with Crippen molar-refractivity contribution in [2.45, 2.75) is 72.6 Å². The van der Waals surface area contributed by atoms with Gasteiger partial charge in [0.2, 0.25) is 0 Å². The van der Waals surface area contributed by atoms with Crippen molar-refractivity contribution in [2.75, 3.05) is 40.4 Å². The van der Waals surface area contributed by atoms with Crippen molar-refractivity contribution in [1.82, 2.24) is 0 Å². The summed E-state index contributed by atoms with van der Waals surface area (Å²) in [6, 6.07) is 11.2. The Morgan fingerprint density at radius 1 is 0.717 bits per heavy atom. The quantitative estimate of drug-likeness (QED) is 0.0812. The third-order valence-corrected chi connectivity index (χ3v) is 10.4. The number of carbonyl (C=O) groups is 6. The monoisotopic (exact) mass is 923 g/mol. The lowest BCUT2D eigenvalue weighted by Crippen LogP contribution is -2.34. The molecule has 4 rings (SSSR count). The molecule has 0 bridgehead atoms. The smallest absolute Gasteiger partial charge is 0.490 e. The van der Waals surface area contributed by atoms with Crippen LogP contribution in [0.4, 0.5) is 23.7 Å². The molecule has 2 heterocycles. The van der Waals surface area contributed by atoms with Crippen LogP contribution in [0.25, 0.3) is 20.2 Å². The first-order valence-electron chi connectivity index (χ1n) is 17.6. The number of thiophene rings is 2. The number of Topliss-reactive ketones (excluding diaryl/α,β-unsaturated/α-hetero) is 2. The zero-order chi connectivity index (χ0) is 44.3. The number of alkyl halides is 3. The van der Waals surface area contributed by atoms with Gasteiger partial charge in [-0.05, 0) is 79.9 Å². The summed E-state index contributed by atoms with van der Waals surface area (Å²) in [7, 11) is 7.41. The molecular formula is C40H52F3NO12S4. The average Bonchev–Trinajstić information content (AvgIpc) is 3.79. The third kappa shape index (κ3) is 15.8. The van der Waals surface area contributed by atoms with Gasteiger partial charge in [0.15, 0.2) is 11.6 Å². The molecule has 334 valence electrons. The van der Waals surface area contributed by atoms with Crippen molar-refractivity contribution in [3.63, 3.8) is 0 Å². The van der Waals surface area contributed by atoms with E-state index < -0.39 is 41.6 Å². The van der Waals surface area contributed by atoms with Crippen LogP contribution in [0.2, 0.25) is 0 Å². The normalized spacial score (nSPS) is 11.8. The number of ketones is 2. The van der Waals surface area contributed by atoms with Gasteiger partial charge in [-0.3, -0.25) is 24.1 Å². The molecular weight excluding hydrogens is 872 g/mol. The Morgan fingerprint density at radius 2 is 1.12 bits per heavy atom. The number of benzene rings is 2. The molecule has 0 saturated carbocycles. The lowest BCUT2D eigenvalue weighted by molar-refractivity contribution is -0.192. The van der Waals surface area contributed by atoms with Crippen LogP contribution in [0, 0.1) is 11.8 Å². The maximum atomic E-state index is 12.6. The summed E-state index contributed by atoms with van der Waals surface area (Å²) in [5.41, 5.74) is 1.04. The van der Waals surface area contributed by atoms with Gasteiger partial charge in [-0.25, -0.2) is 9.59 Å². The zero-order valence-electron chi connectivity index (χ0n) is 35.1. The molecule has 0 unspecified atom stereocenters. The van der Waals surface area contributed by atoms with Crippen molar-refractivity contribution in [3.05, 3.63) is 51.7 Å². The number of carbonyl (C=O) groups excluding carboxylic acids is 5. The van der Waals surface area contributed by atoms with E-state index in [0.29, 0.717) is 21.2 Å². The Morgan fingerprint density at radius 3 is 1.47 bits per heavy atom. The standard InChI is InChI=1S/C21H27NO6S.C17H20O4S.C2HF3O2.2H2S/c1-12(19(24)27-7)8-15(23)18-10-13-9-16(26-6)14(11-17(13)29-18)22(5)20(25)28-21(2,3)4;1-5-11-8-15-12(7-14(11)20-3)9-16(22-15)13(18)6-10(2)17(19)21-4;3-2(4,5)1(6)7;;/h9-12H,8H2,1-7H3;7-10H,5-6H2,1-4H3;(H,6,7);2*1H2/t12-;10-;;;/m00.../s1. The van der Waals surface area contributed by atoms with E-state index in [4.69, 9.17) is 24.1 Å². The number of rotatable bonds is 12. The van der Waals surface area contributed by atoms with Crippen LogP contribution in [0.1, 0.15) is 79.3 Å². The number of halogens is 3. The Balaban J connectivity index is 0.000000995. The molecule has 2 atom stereocenters. The maximum Gasteiger partial charge on any atom is 0.490 e. The molecule has 4 aromatic rings. The number of ether oxygens (including phenoxy) is 5. The predicted octanol–water partition coefficient (Wildman–Crippen LogP) is 9.38. The number of esters is 2. The second-order valence-electron chi connectivity index (χ2n) is 13.8. The number of methoxy groups -OCH3 is 4. The second-order valence-corrected chi connectivity index (χ2v) is 16.0. The van der Waals surface area contributed by atoms with Gasteiger partial charge in [0.25, 0.3) is 0 Å². The van der Waals surface area contributed by atoms with Gasteiger partial charge < -0.3 is 28.8 Å². The van der Waals surface area contributed by atoms with Gasteiger partial charge in [0.1, 0.15) is 17.1 Å². The summed E-state index contributed by atoms with van der Waals surface area (Å²) in [6.45, 7) is 10.8. The molecule has 0 fully saturated rings. The maximum absolute atomic E-state index is 12.6. The summed E-state index contributed by atoms with van der Waals surface area (Å²) in [6.07, 6.45) is -4.48. The number of aliphatic carboxylic acids is 1. The summed E-state index contributed by atoms with van der Waals surface area (Å²) in [4.78, 5) is 71.8. The van der Waals surface area contributed by atoms with Crippen LogP contribution < -0.4 is 14.4 Å². The lowest BCUT2D eigenvalue weighted by atomic mass is 10.0. The van der Waals surface area contributed by atoms with E-state index in [1.807, 2.05) is 12.1 Å². The molecule has 20 heteroatoms. The van der Waals surface area contributed by atoms with Crippen LogP contribution in [-0.4, -0.2) is 87.9 Å². The molecule has 1 amide bonds. The highest BCUT2D eigenvalue weighted by molar-refractivity contribution is 7.59. The SMILES string of the molecule is CCc1cc2sc(C(=O)C[C@H](C)C(=O)OC)cc2cc1OC.COC(=O)[C@@H](C)CC(=O)c1cc2cc(OC)c(N(C)C(=O)OC(C)(C)C)cc2s1.O=C(O)C(F)(F)F.S.S. The Hall–Kier alpha value is -4.53. The minimum absolute atomic E-state index is 0. The van der Waals surface area contributed by atoms with E-state index in [0.717, 1.165) is 37.9 Å². The molecule has 0 aliphatic rings. The van der Waals surface area contributed by atoms with E-state index in [2.05, 4.69) is 22.5 Å². The van der Waals surface area contributed by atoms with Crippen molar-refractivity contribution < 1.29 is 70.7 Å². The fourth-order valence-electron chi connectivity index (χ4n) is 5.09. The number of hydrogen-bond donors (Lipinski definition) is 1. The van der Waals surface area contributed by atoms with Crippen molar-refractivity contribution >= 4 is 111 Å². The molecule has 0 aliphatic heterocycles. The first-order chi connectivity index (χ1) is 26.9. The van der Waals surface area contributed by atoms with Crippen LogP contribution >= 0.6 is 49.7 Å². The van der Waals surface area contributed by atoms with Crippen LogP contribution in [0.3, 0.4) is 0 Å². The van der Waals surface area contributed by atoms with Crippen molar-refractivity contribution in [1.29, 1.82) is 0 Å². The Kier molecular flexibility index (Phi) is 22.2. The molecule has 60 heavy (non-hydrogen) atoms. The van der Waals surface area contributed by atoms with Gasteiger partial charge in [0.05, 0.1) is 55.7 Å². The third-order valence-electron chi connectivity index (χ3n) is 8.13. The zero-order valence-corrected chi connectivity index (χ0v) is 38.7. The van der Waals surface area contributed by atoms with Crippen LogP contribution in [0.5, 0.6) is 11.5 Å². The minimum Gasteiger partial charge on any atom is -0.496 e. The van der Waals surface area contributed by atoms with Crippen LogP contribution in [-0.2, 0) is 35.0 Å². The number of hydrogen-bond acceptors (Lipinski definition) is 13. The highest BCUT2D eigenvalue weighted by Gasteiger charge is 2.38. The highest BCUT2D eigenvalue weighted by Crippen LogP contribution is 2.38. The van der Waals surface area contributed by atoms with E-state index in [9.17, 15) is 37.1 Å². The summed E-state index contributed by atoms with van der Waals surface area (Å²) in [5, 5.41) is 8.94. The fourth-order valence-corrected chi connectivity index (χ4v) is 7.17. The fraction of sp³-hybridized carbons (Fsp3) is 0.450. The first kappa shape index (κ1) is 55.5. The van der Waals surface area contributed by atoms with Crippen molar-refractivity contribution in [2.24, 2.45) is 11.8 Å².